The third kappa shape index (κ3) is 1.82. The Hall–Kier alpha value is -1.13. The summed E-state index contributed by atoms with van der Waals surface area (Å²) in [5, 5.41) is 10.8. The summed E-state index contributed by atoms with van der Waals surface area (Å²) in [5.41, 5.74) is 0.327. The number of aromatic carboxylic acids is 1. The Kier molecular flexibility index (Phi) is 2.88. The van der Waals surface area contributed by atoms with Gasteiger partial charge in [0.2, 0.25) is 0 Å². The summed E-state index contributed by atoms with van der Waals surface area (Å²) in [6, 6.07) is 11.1. The Morgan fingerprint density at radius 3 is 2.60 bits per heavy atom. The highest BCUT2D eigenvalue weighted by Gasteiger charge is 2.13. The maximum Gasteiger partial charge on any atom is 0.337 e. The van der Waals surface area contributed by atoms with Gasteiger partial charge in [0.15, 0.2) is 0 Å². The standard InChI is InChI=1S/C11H8O2S2/c12-11(13)10-8-4-2-1-3-7(8)5-6-9(10)15-14/h1-6,14H,(H,12,13). The zero-order valence-electron chi connectivity index (χ0n) is 7.68. The van der Waals surface area contributed by atoms with Crippen LogP contribution in [0.3, 0.4) is 0 Å². The van der Waals surface area contributed by atoms with E-state index < -0.39 is 5.97 Å². The molecule has 0 aliphatic rings. The van der Waals surface area contributed by atoms with Gasteiger partial charge in [-0.2, -0.15) is 0 Å². The van der Waals surface area contributed by atoms with Crippen molar-refractivity contribution in [2.75, 3.05) is 0 Å². The number of hydrogen-bond acceptors (Lipinski definition) is 3. The Bertz CT molecular complexity index is 523. The summed E-state index contributed by atoms with van der Waals surface area (Å²) < 4.78 is 0. The third-order valence-electron chi connectivity index (χ3n) is 2.20. The summed E-state index contributed by atoms with van der Waals surface area (Å²) in [7, 11) is 1.15. The molecule has 2 rings (SSSR count). The lowest BCUT2D eigenvalue weighted by atomic mass is 10.0. The smallest absolute Gasteiger partial charge is 0.337 e. The van der Waals surface area contributed by atoms with Crippen LogP contribution in [0.25, 0.3) is 10.8 Å². The number of thiol groups is 1. The first-order valence-electron chi connectivity index (χ1n) is 4.30. The largest absolute Gasteiger partial charge is 0.478 e. The van der Waals surface area contributed by atoms with Gasteiger partial charge in [0, 0.05) is 4.90 Å². The van der Waals surface area contributed by atoms with Crippen molar-refractivity contribution in [3.63, 3.8) is 0 Å². The Labute approximate surface area is 96.1 Å². The molecule has 76 valence electrons. The zero-order chi connectivity index (χ0) is 10.8. The average Bonchev–Trinajstić information content (AvgIpc) is 2.27. The predicted molar refractivity (Wildman–Crippen MR) is 65.8 cm³/mol. The molecule has 2 nitrogen and oxygen atoms in total. The molecule has 0 radical (unpaired) electrons. The molecule has 0 fully saturated rings. The van der Waals surface area contributed by atoms with E-state index in [1.54, 1.807) is 6.07 Å². The second kappa shape index (κ2) is 4.16. The fourth-order valence-electron chi connectivity index (χ4n) is 1.55. The molecule has 0 aliphatic heterocycles. The molecule has 0 saturated heterocycles. The molecule has 1 N–H and O–H groups in total. The van der Waals surface area contributed by atoms with Crippen LogP contribution in [-0.4, -0.2) is 11.1 Å². The van der Waals surface area contributed by atoms with Gasteiger partial charge in [-0.3, -0.25) is 0 Å². The van der Waals surface area contributed by atoms with Crippen LogP contribution in [0.5, 0.6) is 0 Å². The quantitative estimate of drug-likeness (QED) is 0.619. The van der Waals surface area contributed by atoms with Crippen LogP contribution in [0.15, 0.2) is 41.3 Å². The fraction of sp³-hybridized carbons (Fsp3) is 0. The molecule has 0 aromatic heterocycles. The maximum atomic E-state index is 11.1. The minimum atomic E-state index is -0.914. The van der Waals surface area contributed by atoms with E-state index in [9.17, 15) is 4.79 Å². The van der Waals surface area contributed by atoms with E-state index in [1.165, 1.54) is 0 Å². The van der Waals surface area contributed by atoms with Crippen LogP contribution >= 0.6 is 22.5 Å². The number of carboxylic acid groups (broad SMARTS) is 1. The van der Waals surface area contributed by atoms with E-state index >= 15 is 0 Å². The lowest BCUT2D eigenvalue weighted by Gasteiger charge is -2.06. The minimum absolute atomic E-state index is 0.327. The molecular formula is C11H8O2S2. The van der Waals surface area contributed by atoms with Crippen molar-refractivity contribution in [2.24, 2.45) is 0 Å². The van der Waals surface area contributed by atoms with Gasteiger partial charge in [0.25, 0.3) is 0 Å². The van der Waals surface area contributed by atoms with E-state index in [2.05, 4.69) is 11.7 Å². The van der Waals surface area contributed by atoms with Gasteiger partial charge in [0.1, 0.15) is 0 Å². The molecule has 0 unspecified atom stereocenters. The molecular weight excluding hydrogens is 228 g/mol. The first-order chi connectivity index (χ1) is 7.24. The highest BCUT2D eigenvalue weighted by Crippen LogP contribution is 2.31. The highest BCUT2D eigenvalue weighted by molar-refractivity contribution is 8.68. The Morgan fingerprint density at radius 2 is 1.93 bits per heavy atom. The lowest BCUT2D eigenvalue weighted by molar-refractivity contribution is 0.0695. The van der Waals surface area contributed by atoms with Gasteiger partial charge < -0.3 is 5.11 Å². The van der Waals surface area contributed by atoms with Gasteiger partial charge in [0.05, 0.1) is 5.56 Å². The van der Waals surface area contributed by atoms with E-state index in [-0.39, 0.29) is 0 Å². The van der Waals surface area contributed by atoms with Crippen LogP contribution in [0, 0.1) is 0 Å². The van der Waals surface area contributed by atoms with Gasteiger partial charge in [-0.25, -0.2) is 4.79 Å². The van der Waals surface area contributed by atoms with E-state index in [0.29, 0.717) is 10.5 Å². The minimum Gasteiger partial charge on any atom is -0.478 e. The third-order valence-corrected chi connectivity index (χ3v) is 3.33. The molecule has 0 aliphatic carbocycles. The second-order valence-electron chi connectivity index (χ2n) is 3.06. The van der Waals surface area contributed by atoms with Crippen LogP contribution in [0.1, 0.15) is 10.4 Å². The SMILES string of the molecule is O=C(O)c1c(SS)ccc2ccccc12. The Morgan fingerprint density at radius 1 is 1.20 bits per heavy atom. The highest BCUT2D eigenvalue weighted by atomic mass is 33.1. The summed E-state index contributed by atoms with van der Waals surface area (Å²) in [4.78, 5) is 11.8. The van der Waals surface area contributed by atoms with Crippen molar-refractivity contribution < 1.29 is 9.90 Å². The van der Waals surface area contributed by atoms with Gasteiger partial charge in [-0.15, -0.1) is 11.7 Å². The predicted octanol–water partition coefficient (Wildman–Crippen LogP) is 3.47. The number of carbonyl (C=O) groups is 1. The number of carboxylic acids is 1. The van der Waals surface area contributed by atoms with Crippen molar-refractivity contribution in [1.29, 1.82) is 0 Å². The van der Waals surface area contributed by atoms with Crippen molar-refractivity contribution in [1.82, 2.24) is 0 Å². The summed E-state index contributed by atoms with van der Waals surface area (Å²) in [6.07, 6.45) is 0. The number of rotatable bonds is 2. The van der Waals surface area contributed by atoms with E-state index in [0.717, 1.165) is 21.6 Å². The molecule has 0 saturated carbocycles. The summed E-state index contributed by atoms with van der Waals surface area (Å²) in [6.45, 7) is 0. The van der Waals surface area contributed by atoms with Crippen molar-refractivity contribution in [3.8, 4) is 0 Å². The van der Waals surface area contributed by atoms with E-state index in [1.807, 2.05) is 30.3 Å². The number of hydrogen-bond donors (Lipinski definition) is 2. The van der Waals surface area contributed by atoms with Crippen LogP contribution in [0.2, 0.25) is 0 Å². The zero-order valence-corrected chi connectivity index (χ0v) is 9.39. The molecule has 0 amide bonds. The topological polar surface area (TPSA) is 37.3 Å². The van der Waals surface area contributed by atoms with Crippen LogP contribution < -0.4 is 0 Å². The molecule has 0 spiro atoms. The number of benzene rings is 2. The Balaban J connectivity index is 2.85. The molecule has 2 aromatic rings. The van der Waals surface area contributed by atoms with Gasteiger partial charge >= 0.3 is 5.97 Å². The molecule has 2 aromatic carbocycles. The summed E-state index contributed by atoms with van der Waals surface area (Å²) >= 11 is 4.05. The fourth-order valence-corrected chi connectivity index (χ4v) is 2.42. The first-order valence-corrected chi connectivity index (χ1v) is 6.17. The van der Waals surface area contributed by atoms with E-state index in [4.69, 9.17) is 5.11 Å². The van der Waals surface area contributed by atoms with Crippen LogP contribution in [0.4, 0.5) is 0 Å². The normalized spacial score (nSPS) is 10.5. The van der Waals surface area contributed by atoms with Crippen molar-refractivity contribution in [3.05, 3.63) is 42.0 Å². The first kappa shape index (κ1) is 10.4. The molecule has 15 heavy (non-hydrogen) atoms. The monoisotopic (exact) mass is 236 g/mol. The molecule has 0 bridgehead atoms. The van der Waals surface area contributed by atoms with Gasteiger partial charge in [-0.1, -0.05) is 41.1 Å². The molecule has 0 atom stereocenters. The number of fused-ring (bicyclic) bond motifs is 1. The van der Waals surface area contributed by atoms with Crippen LogP contribution in [-0.2, 0) is 0 Å². The van der Waals surface area contributed by atoms with Gasteiger partial charge in [-0.05, 0) is 16.8 Å². The lowest BCUT2D eigenvalue weighted by Crippen LogP contribution is -1.99. The molecule has 4 heteroatoms. The maximum absolute atomic E-state index is 11.1. The summed E-state index contributed by atoms with van der Waals surface area (Å²) in [5.74, 6) is -0.914. The average molecular weight is 236 g/mol. The van der Waals surface area contributed by atoms with Crippen molar-refractivity contribution in [2.45, 2.75) is 4.90 Å². The molecule has 0 heterocycles. The second-order valence-corrected chi connectivity index (χ2v) is 4.23. The van der Waals surface area contributed by atoms with Crippen molar-refractivity contribution >= 4 is 39.2 Å².